The zero-order chi connectivity index (χ0) is 21.0. The number of nitrogens with one attached hydrogen (secondary N) is 1. The Morgan fingerprint density at radius 1 is 1.14 bits per heavy atom. The van der Waals surface area contributed by atoms with Crippen molar-refractivity contribution in [2.45, 2.75) is 13.0 Å². The summed E-state index contributed by atoms with van der Waals surface area (Å²) in [6, 6.07) is 9.56. The van der Waals surface area contributed by atoms with Crippen LogP contribution in [0.25, 0.3) is 5.76 Å². The number of likely N-dealkylation sites (N-methyl/N-ethyl adjacent to an activating group) is 1. The first-order chi connectivity index (χ1) is 13.9. The number of hydrogen-bond donors (Lipinski definition) is 1. The normalized spacial score (nSPS) is 18.5. The molecule has 1 unspecified atom stereocenters. The van der Waals surface area contributed by atoms with Crippen LogP contribution in [0.5, 0.6) is 5.75 Å². The minimum absolute atomic E-state index is 0.0147. The van der Waals surface area contributed by atoms with Gasteiger partial charge in [-0.05, 0) is 42.3 Å². The number of rotatable bonds is 7. The average molecular weight is 395 g/mol. The Balaban J connectivity index is 2.09. The fourth-order valence-electron chi connectivity index (χ4n) is 3.36. The Labute approximate surface area is 170 Å². The lowest BCUT2D eigenvalue weighted by Crippen LogP contribution is -3.06. The van der Waals surface area contributed by atoms with E-state index in [-0.39, 0.29) is 5.57 Å². The summed E-state index contributed by atoms with van der Waals surface area (Å²) in [6.07, 6.45) is 2.99. The van der Waals surface area contributed by atoms with E-state index in [0.29, 0.717) is 36.6 Å². The highest BCUT2D eigenvalue weighted by molar-refractivity contribution is 6.46. The molecule has 1 aliphatic heterocycles. The largest absolute Gasteiger partial charge is 0.872 e. The van der Waals surface area contributed by atoms with E-state index in [0.717, 1.165) is 4.90 Å². The summed E-state index contributed by atoms with van der Waals surface area (Å²) in [7, 11) is 3.95. The van der Waals surface area contributed by atoms with Gasteiger partial charge in [-0.15, -0.1) is 0 Å². The lowest BCUT2D eigenvalue weighted by molar-refractivity contribution is -0.857. The standard InChI is InChI=1S/C22H25N3O4/c1-4-29-17-7-5-15(6-8-17)19-18(20(26)16-9-11-23-12-10-16)21(27)22(28)25(19)14-13-24(2)3/h5-12,19,26H,4,13-14H2,1-3H3. The van der Waals surface area contributed by atoms with Gasteiger partial charge in [-0.1, -0.05) is 17.9 Å². The maximum absolute atomic E-state index is 13.1. The fourth-order valence-corrected chi connectivity index (χ4v) is 3.36. The Morgan fingerprint density at radius 3 is 2.38 bits per heavy atom. The topological polar surface area (TPSA) is 87.0 Å². The predicted octanol–water partition coefficient (Wildman–Crippen LogP) is -0.151. The fraction of sp³-hybridized carbons (Fsp3) is 0.318. The molecule has 7 nitrogen and oxygen atoms in total. The molecule has 1 fully saturated rings. The highest BCUT2D eigenvalue weighted by Crippen LogP contribution is 2.38. The molecule has 0 aliphatic carbocycles. The molecule has 1 aliphatic rings. The third-order valence-electron chi connectivity index (χ3n) is 4.83. The van der Waals surface area contributed by atoms with Crippen LogP contribution in [0.2, 0.25) is 0 Å². The summed E-state index contributed by atoms with van der Waals surface area (Å²) in [5, 5.41) is 13.1. The Kier molecular flexibility index (Phi) is 6.29. The first kappa shape index (κ1) is 20.5. The Morgan fingerprint density at radius 2 is 1.79 bits per heavy atom. The lowest BCUT2D eigenvalue weighted by Gasteiger charge is -2.27. The molecule has 152 valence electrons. The number of carbonyl (C=O) groups is 2. The number of nitrogens with zero attached hydrogens (tertiary/aromatic N) is 2. The lowest BCUT2D eigenvalue weighted by atomic mass is 9.95. The maximum atomic E-state index is 13.1. The summed E-state index contributed by atoms with van der Waals surface area (Å²) in [4.78, 5) is 32.2. The van der Waals surface area contributed by atoms with Gasteiger partial charge in [0, 0.05) is 18.0 Å². The second-order valence-electron chi connectivity index (χ2n) is 7.17. The van der Waals surface area contributed by atoms with Crippen molar-refractivity contribution in [3.63, 3.8) is 0 Å². The maximum Gasteiger partial charge on any atom is 0.295 e. The summed E-state index contributed by atoms with van der Waals surface area (Å²) in [5.41, 5.74) is 1.03. The zero-order valence-corrected chi connectivity index (χ0v) is 16.8. The molecule has 1 N–H and O–H groups in total. The van der Waals surface area contributed by atoms with Crippen molar-refractivity contribution < 1.29 is 24.3 Å². The molecule has 1 atom stereocenters. The molecule has 29 heavy (non-hydrogen) atoms. The minimum Gasteiger partial charge on any atom is -0.872 e. The Bertz CT molecular complexity index is 907. The smallest absolute Gasteiger partial charge is 0.295 e. The van der Waals surface area contributed by atoms with Gasteiger partial charge < -0.3 is 19.6 Å². The number of ketones is 1. The molecule has 0 radical (unpaired) electrons. The number of benzene rings is 1. The number of amides is 1. The van der Waals surface area contributed by atoms with Gasteiger partial charge in [-0.2, -0.15) is 0 Å². The molecular formula is C22H25N3O4. The molecule has 0 bridgehead atoms. The van der Waals surface area contributed by atoms with E-state index in [1.54, 1.807) is 36.4 Å². The first-order valence-corrected chi connectivity index (χ1v) is 9.62. The molecule has 2 aromatic rings. The van der Waals surface area contributed by atoms with Crippen LogP contribution in [0.15, 0.2) is 54.4 Å². The second-order valence-corrected chi connectivity index (χ2v) is 7.17. The van der Waals surface area contributed by atoms with Crippen molar-refractivity contribution in [3.05, 3.63) is 65.5 Å². The van der Waals surface area contributed by atoms with E-state index in [1.165, 1.54) is 17.3 Å². The average Bonchev–Trinajstić information content (AvgIpc) is 2.98. The number of quaternary nitrogens is 1. The third kappa shape index (κ3) is 4.30. The van der Waals surface area contributed by atoms with Crippen LogP contribution in [0.3, 0.4) is 0 Å². The molecular weight excluding hydrogens is 370 g/mol. The summed E-state index contributed by atoms with van der Waals surface area (Å²) < 4.78 is 5.48. The van der Waals surface area contributed by atoms with Crippen molar-refractivity contribution in [3.8, 4) is 5.75 Å². The quantitative estimate of drug-likeness (QED) is 0.400. The van der Waals surface area contributed by atoms with Crippen molar-refractivity contribution in [2.75, 3.05) is 33.8 Å². The van der Waals surface area contributed by atoms with Crippen LogP contribution >= 0.6 is 0 Å². The van der Waals surface area contributed by atoms with Crippen LogP contribution in [0, 0.1) is 0 Å². The van der Waals surface area contributed by atoms with Crippen LogP contribution in [0.1, 0.15) is 24.1 Å². The third-order valence-corrected chi connectivity index (χ3v) is 4.83. The van der Waals surface area contributed by atoms with Gasteiger partial charge in [0.1, 0.15) is 5.75 Å². The van der Waals surface area contributed by atoms with Gasteiger partial charge in [-0.3, -0.25) is 14.6 Å². The summed E-state index contributed by atoms with van der Waals surface area (Å²) in [6.45, 7) is 3.46. The van der Waals surface area contributed by atoms with Crippen molar-refractivity contribution in [1.82, 2.24) is 9.88 Å². The summed E-state index contributed by atoms with van der Waals surface area (Å²) >= 11 is 0. The number of likely N-dealkylation sites (tertiary alicyclic amines) is 1. The summed E-state index contributed by atoms with van der Waals surface area (Å²) in [5.74, 6) is -1.12. The number of ether oxygens (including phenoxy) is 1. The second kappa shape index (κ2) is 8.87. The Hall–Kier alpha value is -3.19. The highest BCUT2D eigenvalue weighted by Gasteiger charge is 2.44. The van der Waals surface area contributed by atoms with Gasteiger partial charge in [0.2, 0.25) is 5.78 Å². The number of aromatic nitrogens is 1. The molecule has 0 spiro atoms. The molecule has 7 heteroatoms. The first-order valence-electron chi connectivity index (χ1n) is 9.62. The van der Waals surface area contributed by atoms with Gasteiger partial charge in [0.05, 0.1) is 39.8 Å². The van der Waals surface area contributed by atoms with Gasteiger partial charge in [0.25, 0.3) is 5.91 Å². The van der Waals surface area contributed by atoms with E-state index in [4.69, 9.17) is 4.74 Å². The highest BCUT2D eigenvalue weighted by atomic mass is 16.5. The van der Waals surface area contributed by atoms with Crippen LogP contribution < -0.4 is 14.7 Å². The molecule has 2 heterocycles. The monoisotopic (exact) mass is 395 g/mol. The van der Waals surface area contributed by atoms with E-state index in [2.05, 4.69) is 4.98 Å². The molecule has 1 aromatic carbocycles. The number of hydrogen-bond acceptors (Lipinski definition) is 5. The van der Waals surface area contributed by atoms with Gasteiger partial charge in [-0.25, -0.2) is 0 Å². The van der Waals surface area contributed by atoms with Crippen molar-refractivity contribution in [1.29, 1.82) is 0 Å². The number of pyridine rings is 1. The predicted molar refractivity (Wildman–Crippen MR) is 106 cm³/mol. The zero-order valence-electron chi connectivity index (χ0n) is 16.8. The molecule has 3 rings (SSSR count). The van der Waals surface area contributed by atoms with Crippen LogP contribution in [-0.4, -0.2) is 55.4 Å². The molecule has 1 aromatic heterocycles. The molecule has 1 saturated heterocycles. The van der Waals surface area contributed by atoms with Crippen molar-refractivity contribution in [2.24, 2.45) is 0 Å². The number of Topliss-reactive ketones (excluding diaryl/α,β-unsaturated/α-hetero) is 1. The van der Waals surface area contributed by atoms with E-state index in [1.807, 2.05) is 21.0 Å². The molecule has 0 saturated carbocycles. The van der Waals surface area contributed by atoms with Crippen LogP contribution in [0.4, 0.5) is 0 Å². The SMILES string of the molecule is CCOc1ccc(C2C(=C([O-])c3ccncc3)C(=O)C(=O)N2CC[NH+](C)C)cc1. The van der Waals surface area contributed by atoms with Crippen LogP contribution in [-0.2, 0) is 9.59 Å². The minimum atomic E-state index is -0.737. The van der Waals surface area contributed by atoms with Gasteiger partial charge >= 0.3 is 0 Å². The molecule has 1 amide bonds. The van der Waals surface area contributed by atoms with Gasteiger partial charge in [0.15, 0.2) is 0 Å². The van der Waals surface area contributed by atoms with Crippen molar-refractivity contribution >= 4 is 17.4 Å². The van der Waals surface area contributed by atoms with E-state index in [9.17, 15) is 14.7 Å². The van der Waals surface area contributed by atoms with E-state index >= 15 is 0 Å². The number of carbonyl (C=O) groups excluding carboxylic acids is 2. The van der Waals surface area contributed by atoms with E-state index < -0.39 is 23.5 Å².